The van der Waals surface area contributed by atoms with Gasteiger partial charge in [-0.25, -0.2) is 5.48 Å². The first-order valence-corrected chi connectivity index (χ1v) is 12.3. The van der Waals surface area contributed by atoms with E-state index in [9.17, 15) is 19.5 Å². The van der Waals surface area contributed by atoms with Crippen LogP contribution in [-0.2, 0) is 9.59 Å². The summed E-state index contributed by atoms with van der Waals surface area (Å²) in [5.74, 6) is 5.84. The highest BCUT2D eigenvalue weighted by Gasteiger charge is 2.39. The largest absolute Gasteiger partial charge is 0.376 e. The number of hydrogen-bond donors (Lipinski definition) is 7. The summed E-state index contributed by atoms with van der Waals surface area (Å²) in [5.41, 5.74) is 8.95. The fourth-order valence-corrected chi connectivity index (χ4v) is 5.01. The van der Waals surface area contributed by atoms with Crippen molar-refractivity contribution in [2.75, 3.05) is 11.9 Å². The Hall–Kier alpha value is -3.75. The molecular weight excluding hydrogens is 474 g/mol. The van der Waals surface area contributed by atoms with Gasteiger partial charge in [0.05, 0.1) is 6.54 Å². The van der Waals surface area contributed by atoms with Crippen LogP contribution in [0, 0.1) is 23.7 Å². The SMILES string of the molecule is N[C@@H](O)[C@H](NC(=O)c1ccc(C#Cc2ccc(NC(=O)CNC3C[C@@H]4CC[C@H]3C4)cc2)cc1)C(=O)NO. The Labute approximate surface area is 215 Å². The number of nitrogens with one attached hydrogen (secondary N) is 4. The van der Waals surface area contributed by atoms with E-state index in [0.717, 1.165) is 17.4 Å². The number of fused-ring (bicyclic) bond motifs is 2. The highest BCUT2D eigenvalue weighted by atomic mass is 16.5. The molecule has 0 radical (unpaired) electrons. The van der Waals surface area contributed by atoms with E-state index in [1.807, 2.05) is 12.1 Å². The summed E-state index contributed by atoms with van der Waals surface area (Å²) in [6, 6.07) is 12.5. The number of carbonyl (C=O) groups excluding carboxylic acids is 3. The number of hydroxylamine groups is 1. The molecule has 10 nitrogen and oxygen atoms in total. The molecule has 2 bridgehead atoms. The minimum absolute atomic E-state index is 0.0602. The maximum atomic E-state index is 12.3. The van der Waals surface area contributed by atoms with Crippen molar-refractivity contribution in [1.29, 1.82) is 0 Å². The van der Waals surface area contributed by atoms with E-state index < -0.39 is 24.1 Å². The molecule has 37 heavy (non-hydrogen) atoms. The Morgan fingerprint density at radius 1 is 0.973 bits per heavy atom. The van der Waals surface area contributed by atoms with Crippen LogP contribution in [0.15, 0.2) is 48.5 Å². The summed E-state index contributed by atoms with van der Waals surface area (Å²) >= 11 is 0. The van der Waals surface area contributed by atoms with Crippen molar-refractivity contribution in [3.8, 4) is 11.8 Å². The van der Waals surface area contributed by atoms with Crippen molar-refractivity contribution in [2.24, 2.45) is 17.6 Å². The lowest BCUT2D eigenvalue weighted by Gasteiger charge is -2.22. The molecular formula is C27H31N5O5. The van der Waals surface area contributed by atoms with Crippen molar-refractivity contribution in [3.63, 3.8) is 0 Å². The van der Waals surface area contributed by atoms with Crippen LogP contribution in [0.5, 0.6) is 0 Å². The zero-order chi connectivity index (χ0) is 26.4. The molecule has 2 aliphatic carbocycles. The predicted molar refractivity (Wildman–Crippen MR) is 136 cm³/mol. The molecule has 3 amide bonds. The molecule has 2 saturated carbocycles. The molecule has 0 aliphatic heterocycles. The second-order valence-electron chi connectivity index (χ2n) is 9.53. The fraction of sp³-hybridized carbons (Fsp3) is 0.370. The van der Waals surface area contributed by atoms with Crippen LogP contribution < -0.4 is 27.2 Å². The summed E-state index contributed by atoms with van der Waals surface area (Å²) < 4.78 is 0. The standard InChI is InChI=1S/C27H31N5O5/c28-25(34)24(27(36)32-37)31-26(35)19-8-3-16(4-9-19)1-2-17-6-11-21(12-7-17)30-23(33)15-29-22-14-18-5-10-20(22)13-18/h3-4,6-9,11-12,18,20,22,24-25,29,34,37H,5,10,13-15,28H2,(H,30,33)(H,31,35)(H,32,36)/t18-,20+,22?,24+,25+/m1/s1. The van der Waals surface area contributed by atoms with Crippen LogP contribution in [0.1, 0.15) is 47.2 Å². The number of carbonyl (C=O) groups is 3. The lowest BCUT2D eigenvalue weighted by molar-refractivity contribution is -0.133. The molecule has 0 aromatic heterocycles. The first-order chi connectivity index (χ1) is 17.8. The Balaban J connectivity index is 1.26. The molecule has 10 heteroatoms. The molecule has 0 saturated heterocycles. The molecule has 2 aliphatic rings. The minimum atomic E-state index is -1.69. The minimum Gasteiger partial charge on any atom is -0.376 e. The fourth-order valence-electron chi connectivity index (χ4n) is 5.01. The summed E-state index contributed by atoms with van der Waals surface area (Å²) in [4.78, 5) is 36.1. The average Bonchev–Trinajstić information content (AvgIpc) is 3.53. The molecule has 0 heterocycles. The van der Waals surface area contributed by atoms with Crippen molar-refractivity contribution in [3.05, 3.63) is 65.2 Å². The van der Waals surface area contributed by atoms with Gasteiger partial charge in [-0.3, -0.25) is 19.6 Å². The molecule has 2 aromatic rings. The van der Waals surface area contributed by atoms with E-state index >= 15 is 0 Å². The van der Waals surface area contributed by atoms with Gasteiger partial charge in [-0.2, -0.15) is 0 Å². The highest BCUT2D eigenvalue weighted by Crippen LogP contribution is 2.44. The highest BCUT2D eigenvalue weighted by molar-refractivity contribution is 5.97. The van der Waals surface area contributed by atoms with Gasteiger partial charge in [0.25, 0.3) is 11.8 Å². The Morgan fingerprint density at radius 3 is 2.16 bits per heavy atom. The van der Waals surface area contributed by atoms with E-state index in [2.05, 4.69) is 27.8 Å². The van der Waals surface area contributed by atoms with E-state index in [0.29, 0.717) is 23.8 Å². The normalized spacial score (nSPS) is 21.3. The Kier molecular flexibility index (Phi) is 8.53. The van der Waals surface area contributed by atoms with Crippen LogP contribution in [0.4, 0.5) is 5.69 Å². The monoisotopic (exact) mass is 505 g/mol. The predicted octanol–water partition coefficient (Wildman–Crippen LogP) is 0.684. The maximum absolute atomic E-state index is 12.3. The van der Waals surface area contributed by atoms with Crippen LogP contribution in [0.3, 0.4) is 0 Å². The smallest absolute Gasteiger partial charge is 0.270 e. The number of aliphatic hydroxyl groups is 1. The van der Waals surface area contributed by atoms with E-state index in [-0.39, 0.29) is 11.5 Å². The molecule has 4 rings (SSSR count). The second kappa shape index (κ2) is 12.0. The van der Waals surface area contributed by atoms with Crippen molar-refractivity contribution >= 4 is 23.4 Å². The van der Waals surface area contributed by atoms with E-state index in [1.54, 1.807) is 24.3 Å². The second-order valence-corrected chi connectivity index (χ2v) is 9.53. The van der Waals surface area contributed by atoms with Gasteiger partial charge in [0, 0.05) is 28.4 Å². The Morgan fingerprint density at radius 2 is 1.62 bits per heavy atom. The van der Waals surface area contributed by atoms with Gasteiger partial charge in [-0.05, 0) is 79.6 Å². The number of benzene rings is 2. The lowest BCUT2D eigenvalue weighted by Crippen LogP contribution is -2.55. The number of anilines is 1. The zero-order valence-corrected chi connectivity index (χ0v) is 20.2. The molecule has 5 atom stereocenters. The van der Waals surface area contributed by atoms with Crippen LogP contribution in [0.25, 0.3) is 0 Å². The summed E-state index contributed by atoms with van der Waals surface area (Å²) in [5, 5.41) is 26.7. The first kappa shape index (κ1) is 26.3. The lowest BCUT2D eigenvalue weighted by atomic mass is 9.95. The molecule has 2 fully saturated rings. The third-order valence-electron chi connectivity index (χ3n) is 6.95. The molecule has 1 unspecified atom stereocenters. The summed E-state index contributed by atoms with van der Waals surface area (Å²) in [6.07, 6.45) is 3.40. The maximum Gasteiger partial charge on any atom is 0.270 e. The third kappa shape index (κ3) is 6.93. The quantitative estimate of drug-likeness (QED) is 0.120. The summed E-state index contributed by atoms with van der Waals surface area (Å²) in [7, 11) is 0. The van der Waals surface area contributed by atoms with E-state index in [1.165, 1.54) is 43.3 Å². The van der Waals surface area contributed by atoms with Crippen molar-refractivity contribution in [1.82, 2.24) is 16.1 Å². The third-order valence-corrected chi connectivity index (χ3v) is 6.95. The van der Waals surface area contributed by atoms with Crippen molar-refractivity contribution < 1.29 is 24.7 Å². The van der Waals surface area contributed by atoms with Gasteiger partial charge in [0.2, 0.25) is 5.91 Å². The topological polar surface area (TPSA) is 166 Å². The van der Waals surface area contributed by atoms with Gasteiger partial charge in [-0.15, -0.1) is 0 Å². The number of nitrogens with two attached hydrogens (primary N) is 1. The Bertz CT molecular complexity index is 1190. The zero-order valence-electron chi connectivity index (χ0n) is 20.2. The van der Waals surface area contributed by atoms with Gasteiger partial charge >= 0.3 is 0 Å². The van der Waals surface area contributed by atoms with Gasteiger partial charge < -0.3 is 26.8 Å². The number of hydrogen-bond acceptors (Lipinski definition) is 7. The number of amides is 3. The van der Waals surface area contributed by atoms with Crippen LogP contribution in [0.2, 0.25) is 0 Å². The first-order valence-electron chi connectivity index (χ1n) is 12.3. The van der Waals surface area contributed by atoms with Gasteiger partial charge in [0.15, 0.2) is 0 Å². The molecule has 194 valence electrons. The molecule has 0 spiro atoms. The van der Waals surface area contributed by atoms with Gasteiger partial charge in [-0.1, -0.05) is 18.3 Å². The van der Waals surface area contributed by atoms with Crippen LogP contribution >= 0.6 is 0 Å². The number of aliphatic hydroxyl groups excluding tert-OH is 1. The van der Waals surface area contributed by atoms with Gasteiger partial charge in [0.1, 0.15) is 12.3 Å². The van der Waals surface area contributed by atoms with E-state index in [4.69, 9.17) is 10.9 Å². The van der Waals surface area contributed by atoms with Crippen LogP contribution in [-0.4, -0.2) is 52.9 Å². The summed E-state index contributed by atoms with van der Waals surface area (Å²) in [6.45, 7) is 0.311. The molecule has 8 N–H and O–H groups in total. The van der Waals surface area contributed by atoms with Crippen molar-refractivity contribution in [2.45, 2.75) is 44.0 Å². The average molecular weight is 506 g/mol. The molecule has 2 aromatic carbocycles. The number of rotatable bonds is 8.